The van der Waals surface area contributed by atoms with Gasteiger partial charge in [0.05, 0.1) is 11.2 Å². The van der Waals surface area contributed by atoms with Gasteiger partial charge in [-0.15, -0.1) is 0 Å². The van der Waals surface area contributed by atoms with E-state index in [9.17, 15) is 22.8 Å². The molecule has 0 aromatic heterocycles. The molecule has 3 rings (SSSR count). The lowest BCUT2D eigenvalue weighted by Crippen LogP contribution is -2.61. The Balaban J connectivity index is 1.67. The van der Waals surface area contributed by atoms with Crippen LogP contribution in [-0.4, -0.2) is 59.3 Å². The summed E-state index contributed by atoms with van der Waals surface area (Å²) in [5.74, 6) is -1.22. The minimum absolute atomic E-state index is 0.0761. The lowest BCUT2D eigenvalue weighted by Gasteiger charge is -2.37. The predicted octanol–water partition coefficient (Wildman–Crippen LogP) is 0.0740. The first-order valence-electron chi connectivity index (χ1n) is 9.22. The van der Waals surface area contributed by atoms with Gasteiger partial charge < -0.3 is 15.5 Å². The highest BCUT2D eigenvalue weighted by Crippen LogP contribution is 2.45. The Morgan fingerprint density at radius 2 is 1.81 bits per heavy atom. The van der Waals surface area contributed by atoms with Crippen LogP contribution in [0.3, 0.4) is 0 Å². The van der Waals surface area contributed by atoms with Crippen LogP contribution in [0, 0.1) is 0 Å². The van der Waals surface area contributed by atoms with E-state index in [1.54, 1.807) is 6.92 Å². The molecule has 0 radical (unpaired) electrons. The van der Waals surface area contributed by atoms with Gasteiger partial charge in [-0.05, 0) is 33.6 Å². The molecule has 8 nitrogen and oxygen atoms in total. The Bertz CT molecular complexity index is 727. The number of rotatable bonds is 4. The fraction of sp³-hybridized carbons (Fsp3) is 0.824. The molecule has 26 heavy (non-hydrogen) atoms. The number of β-lactam (4-membered cyclic amide) rings is 1. The monoisotopic (exact) mass is 385 g/mol. The highest BCUT2D eigenvalue weighted by atomic mass is 32.2. The van der Waals surface area contributed by atoms with Crippen LogP contribution in [0.25, 0.3) is 0 Å². The van der Waals surface area contributed by atoms with Gasteiger partial charge in [0.25, 0.3) is 0 Å². The first kappa shape index (κ1) is 19.1. The first-order chi connectivity index (χ1) is 12.1. The molecule has 2 saturated heterocycles. The van der Waals surface area contributed by atoms with Crippen molar-refractivity contribution >= 4 is 27.6 Å². The van der Waals surface area contributed by atoms with Crippen molar-refractivity contribution in [2.24, 2.45) is 0 Å². The van der Waals surface area contributed by atoms with Gasteiger partial charge in [0, 0.05) is 6.04 Å². The van der Waals surface area contributed by atoms with Crippen LogP contribution in [0.1, 0.15) is 59.3 Å². The Morgan fingerprint density at radius 1 is 1.19 bits per heavy atom. The molecular weight excluding hydrogens is 358 g/mol. The van der Waals surface area contributed by atoms with Crippen molar-refractivity contribution in [3.05, 3.63) is 0 Å². The normalized spacial score (nSPS) is 30.9. The summed E-state index contributed by atoms with van der Waals surface area (Å²) in [5, 5.41) is 4.62. The predicted molar refractivity (Wildman–Crippen MR) is 94.7 cm³/mol. The third-order valence-corrected chi connectivity index (χ3v) is 8.73. The molecule has 3 aliphatic rings. The maximum atomic E-state index is 12.7. The molecule has 0 spiro atoms. The van der Waals surface area contributed by atoms with Crippen molar-refractivity contribution in [3.8, 4) is 0 Å². The molecule has 2 heterocycles. The summed E-state index contributed by atoms with van der Waals surface area (Å²) in [4.78, 5) is 38.1. The lowest BCUT2D eigenvalue weighted by atomic mass is 9.95. The first-order valence-corrected chi connectivity index (χ1v) is 10.8. The summed E-state index contributed by atoms with van der Waals surface area (Å²) in [5.41, 5.74) is 0. The average Bonchev–Trinajstić information content (AvgIpc) is 2.69. The van der Waals surface area contributed by atoms with Gasteiger partial charge >= 0.3 is 0 Å². The van der Waals surface area contributed by atoms with E-state index < -0.39 is 37.9 Å². The van der Waals surface area contributed by atoms with Crippen molar-refractivity contribution < 1.29 is 22.8 Å². The molecule has 1 aliphatic carbocycles. The van der Waals surface area contributed by atoms with E-state index in [2.05, 4.69) is 10.6 Å². The number of nitrogens with one attached hydrogen (secondary N) is 2. The maximum Gasteiger partial charge on any atom is 0.245 e. The second kappa shape index (κ2) is 6.51. The Labute approximate surface area is 154 Å². The molecule has 146 valence electrons. The zero-order valence-corrected chi connectivity index (χ0v) is 16.3. The van der Waals surface area contributed by atoms with E-state index >= 15 is 0 Å². The van der Waals surface area contributed by atoms with Crippen molar-refractivity contribution in [1.82, 2.24) is 15.5 Å². The Hall–Kier alpha value is -1.64. The smallest absolute Gasteiger partial charge is 0.245 e. The van der Waals surface area contributed by atoms with E-state index in [4.69, 9.17) is 0 Å². The standard InChI is InChI=1S/C17H27N3O5S/c1-10(15(22)19-11-7-5-4-6-8-11)18-16(23)14-17(2,3)26(24,25)13-9-12(21)20(13)14/h10-11,13-14H,4-9H2,1-3H3,(H,18,23)(H,19,22). The molecule has 0 aromatic carbocycles. The molecule has 3 unspecified atom stereocenters. The number of carbonyl (C=O) groups is 3. The van der Waals surface area contributed by atoms with Gasteiger partial charge in [-0.25, -0.2) is 8.42 Å². The minimum atomic E-state index is -3.63. The highest BCUT2D eigenvalue weighted by molar-refractivity contribution is 7.93. The molecule has 0 aromatic rings. The molecule has 3 atom stereocenters. The summed E-state index contributed by atoms with van der Waals surface area (Å²) in [7, 11) is -3.63. The molecule has 3 fully saturated rings. The average molecular weight is 385 g/mol. The number of sulfone groups is 1. The van der Waals surface area contributed by atoms with E-state index in [0.29, 0.717) is 0 Å². The van der Waals surface area contributed by atoms with E-state index in [1.165, 1.54) is 20.3 Å². The number of hydrogen-bond donors (Lipinski definition) is 2. The van der Waals surface area contributed by atoms with Crippen molar-refractivity contribution in [2.75, 3.05) is 0 Å². The molecule has 0 bridgehead atoms. The second-order valence-electron chi connectivity index (χ2n) is 8.08. The van der Waals surface area contributed by atoms with Gasteiger partial charge in [0.2, 0.25) is 17.7 Å². The van der Waals surface area contributed by atoms with Gasteiger partial charge in [0.1, 0.15) is 17.5 Å². The number of hydrogen-bond acceptors (Lipinski definition) is 5. The van der Waals surface area contributed by atoms with Crippen molar-refractivity contribution in [1.29, 1.82) is 0 Å². The zero-order valence-electron chi connectivity index (χ0n) is 15.4. The largest absolute Gasteiger partial charge is 0.352 e. The van der Waals surface area contributed by atoms with Crippen LogP contribution in [0.5, 0.6) is 0 Å². The molecule has 1 saturated carbocycles. The summed E-state index contributed by atoms with van der Waals surface area (Å²) in [6.07, 6.45) is 5.13. The summed E-state index contributed by atoms with van der Waals surface area (Å²) in [6, 6.07) is -1.78. The van der Waals surface area contributed by atoms with Crippen LogP contribution in [0.4, 0.5) is 0 Å². The van der Waals surface area contributed by atoms with Crippen LogP contribution in [-0.2, 0) is 24.2 Å². The van der Waals surface area contributed by atoms with E-state index in [1.807, 2.05) is 0 Å². The second-order valence-corrected chi connectivity index (χ2v) is 10.8. The third-order valence-electron chi connectivity index (χ3n) is 5.93. The fourth-order valence-corrected chi connectivity index (χ4v) is 6.32. The fourth-order valence-electron chi connectivity index (χ4n) is 4.18. The molecule has 2 aliphatic heterocycles. The van der Waals surface area contributed by atoms with E-state index in [0.717, 1.165) is 30.6 Å². The number of fused-ring (bicyclic) bond motifs is 1. The number of amides is 3. The molecule has 9 heteroatoms. The van der Waals surface area contributed by atoms with Crippen LogP contribution in [0.15, 0.2) is 0 Å². The van der Waals surface area contributed by atoms with Crippen LogP contribution in [0.2, 0.25) is 0 Å². The molecule has 2 N–H and O–H groups in total. The third kappa shape index (κ3) is 2.90. The summed E-state index contributed by atoms with van der Waals surface area (Å²) < 4.78 is 23.7. The van der Waals surface area contributed by atoms with Crippen LogP contribution < -0.4 is 10.6 Å². The van der Waals surface area contributed by atoms with Gasteiger partial charge in [0.15, 0.2) is 9.84 Å². The number of carbonyl (C=O) groups excluding carboxylic acids is 3. The topological polar surface area (TPSA) is 113 Å². The number of nitrogens with zero attached hydrogens (tertiary/aromatic N) is 1. The molecule has 3 amide bonds. The summed E-state index contributed by atoms with van der Waals surface area (Å²) >= 11 is 0. The van der Waals surface area contributed by atoms with Gasteiger partial charge in [-0.1, -0.05) is 19.3 Å². The van der Waals surface area contributed by atoms with Crippen molar-refractivity contribution in [2.45, 2.75) is 87.5 Å². The molecular formula is C17H27N3O5S. The highest BCUT2D eigenvalue weighted by Gasteiger charge is 2.67. The zero-order chi connectivity index (χ0) is 19.3. The SMILES string of the molecule is CC(NC(=O)C1N2C(=O)CC2S(=O)(=O)C1(C)C)C(=O)NC1CCCCC1. The minimum Gasteiger partial charge on any atom is -0.352 e. The lowest BCUT2D eigenvalue weighted by molar-refractivity contribution is -0.150. The van der Waals surface area contributed by atoms with Crippen molar-refractivity contribution in [3.63, 3.8) is 0 Å². The Kier molecular flexibility index (Phi) is 4.79. The van der Waals surface area contributed by atoms with E-state index in [-0.39, 0.29) is 24.3 Å². The van der Waals surface area contributed by atoms with Gasteiger partial charge in [-0.3, -0.25) is 14.4 Å². The van der Waals surface area contributed by atoms with Gasteiger partial charge in [-0.2, -0.15) is 0 Å². The van der Waals surface area contributed by atoms with Crippen LogP contribution >= 0.6 is 0 Å². The quantitative estimate of drug-likeness (QED) is 0.665. The summed E-state index contributed by atoms with van der Waals surface area (Å²) in [6.45, 7) is 4.50. The maximum absolute atomic E-state index is 12.7. The Morgan fingerprint density at radius 3 is 2.38 bits per heavy atom.